The fraction of sp³-hybridized carbons (Fsp3) is 0.417. The summed E-state index contributed by atoms with van der Waals surface area (Å²) in [7, 11) is 0. The maximum Gasteiger partial charge on any atom is 1.00 e. The van der Waals surface area contributed by atoms with E-state index >= 15 is 0 Å². The monoisotopic (exact) mass is 387 g/mol. The smallest absolute Gasteiger partial charge is 0.875 e. The molecule has 0 fully saturated rings. The van der Waals surface area contributed by atoms with Crippen molar-refractivity contribution in [2.45, 2.75) is 51.6 Å². The zero-order valence-electron chi connectivity index (χ0n) is 17.0. The Morgan fingerprint density at radius 3 is 2.54 bits per heavy atom. The van der Waals surface area contributed by atoms with Crippen LogP contribution in [0.4, 0.5) is 5.69 Å². The Morgan fingerprint density at radius 2 is 1.82 bits per heavy atom. The molecule has 2 nitrogen and oxygen atoms in total. The third kappa shape index (κ3) is 3.63. The van der Waals surface area contributed by atoms with Gasteiger partial charge in [-0.05, 0) is 54.7 Å². The predicted octanol–water partition coefficient (Wildman–Crippen LogP) is 2.36. The first-order valence-electron chi connectivity index (χ1n) is 10.1. The molecule has 0 saturated heterocycles. The SMILES string of the molecule is CCC1(CCCCl)CC[C@@H]2C(=C1[O-])c1ccccc1N2Cc1ccccc1.[Li+]. The van der Waals surface area contributed by atoms with E-state index in [1.165, 1.54) is 11.3 Å². The molecule has 2 aromatic carbocycles. The van der Waals surface area contributed by atoms with Crippen LogP contribution in [0.15, 0.2) is 60.4 Å². The number of benzene rings is 2. The van der Waals surface area contributed by atoms with Gasteiger partial charge in [-0.25, -0.2) is 0 Å². The molecule has 28 heavy (non-hydrogen) atoms. The van der Waals surface area contributed by atoms with Gasteiger partial charge in [-0.15, -0.1) is 17.4 Å². The third-order valence-electron chi connectivity index (χ3n) is 6.50. The molecule has 2 aromatic rings. The molecule has 0 saturated carbocycles. The Kier molecular flexibility index (Phi) is 6.87. The van der Waals surface area contributed by atoms with Crippen LogP contribution in [0, 0.1) is 5.41 Å². The molecule has 0 amide bonds. The quantitative estimate of drug-likeness (QED) is 0.562. The normalized spacial score (nSPS) is 23.2. The van der Waals surface area contributed by atoms with Gasteiger partial charge in [0.1, 0.15) is 0 Å². The summed E-state index contributed by atoms with van der Waals surface area (Å²) in [5.74, 6) is 0.999. The van der Waals surface area contributed by atoms with Crippen molar-refractivity contribution < 1.29 is 24.0 Å². The first-order valence-corrected chi connectivity index (χ1v) is 10.6. The average molecular weight is 388 g/mol. The van der Waals surface area contributed by atoms with Gasteiger partial charge in [0, 0.05) is 23.7 Å². The third-order valence-corrected chi connectivity index (χ3v) is 6.76. The number of halogens is 1. The number of hydrogen-bond donors (Lipinski definition) is 0. The Labute approximate surface area is 185 Å². The van der Waals surface area contributed by atoms with Gasteiger partial charge < -0.3 is 10.0 Å². The van der Waals surface area contributed by atoms with Crippen molar-refractivity contribution in [2.24, 2.45) is 5.41 Å². The van der Waals surface area contributed by atoms with E-state index in [0.29, 0.717) is 11.6 Å². The summed E-state index contributed by atoms with van der Waals surface area (Å²) >= 11 is 5.97. The zero-order valence-corrected chi connectivity index (χ0v) is 17.7. The molecule has 0 radical (unpaired) electrons. The van der Waals surface area contributed by atoms with Crippen LogP contribution in [0.2, 0.25) is 0 Å². The number of nitrogens with zero attached hydrogens (tertiary/aromatic N) is 1. The van der Waals surface area contributed by atoms with E-state index in [-0.39, 0.29) is 30.3 Å². The number of anilines is 1. The molecular weight excluding hydrogens is 361 g/mol. The van der Waals surface area contributed by atoms with E-state index in [0.717, 1.165) is 49.8 Å². The second kappa shape index (κ2) is 9.00. The summed E-state index contributed by atoms with van der Waals surface area (Å²) in [6.07, 6.45) is 4.72. The molecule has 2 atom stereocenters. The number of hydrogen-bond acceptors (Lipinski definition) is 2. The molecule has 0 spiro atoms. The Hall–Kier alpha value is -1.33. The zero-order chi connectivity index (χ0) is 18.9. The first-order chi connectivity index (χ1) is 13.2. The number of para-hydroxylation sites is 1. The van der Waals surface area contributed by atoms with Gasteiger partial charge in [0.2, 0.25) is 0 Å². The molecule has 1 aliphatic heterocycles. The van der Waals surface area contributed by atoms with Crippen LogP contribution in [-0.4, -0.2) is 11.9 Å². The fourth-order valence-corrected chi connectivity index (χ4v) is 5.11. The maximum atomic E-state index is 13.7. The van der Waals surface area contributed by atoms with Gasteiger partial charge in [0.15, 0.2) is 0 Å². The standard InChI is InChI=1S/C24H28ClNO.Li/c1-2-24(14-8-16-25)15-13-21-22(23(24)27)19-11-6-7-12-20(19)26(21)17-18-9-4-3-5-10-18;/h3-7,9-12,21,27H,2,8,13-17H2,1H3;/q;+1/p-1/t21-,24?;/m1./s1. The van der Waals surface area contributed by atoms with Crippen molar-refractivity contribution in [3.8, 4) is 0 Å². The minimum absolute atomic E-state index is 0. The van der Waals surface area contributed by atoms with E-state index < -0.39 is 0 Å². The van der Waals surface area contributed by atoms with Crippen LogP contribution in [0.25, 0.3) is 5.57 Å². The van der Waals surface area contributed by atoms with Crippen LogP contribution in [-0.2, 0) is 6.54 Å². The molecule has 1 heterocycles. The first kappa shape index (κ1) is 21.4. The van der Waals surface area contributed by atoms with Crippen LogP contribution >= 0.6 is 11.6 Å². The largest absolute Gasteiger partial charge is 1.00 e. The molecule has 1 aliphatic carbocycles. The van der Waals surface area contributed by atoms with E-state index in [1.807, 2.05) is 0 Å². The molecule has 2 aliphatic rings. The van der Waals surface area contributed by atoms with Gasteiger partial charge in [0.05, 0.1) is 6.04 Å². The second-order valence-corrected chi connectivity index (χ2v) is 8.23. The molecule has 4 heteroatoms. The van der Waals surface area contributed by atoms with E-state index in [4.69, 9.17) is 11.6 Å². The van der Waals surface area contributed by atoms with Crippen LogP contribution < -0.4 is 28.9 Å². The van der Waals surface area contributed by atoms with Gasteiger partial charge in [0.25, 0.3) is 0 Å². The number of fused-ring (bicyclic) bond motifs is 3. The maximum absolute atomic E-state index is 13.7. The molecule has 4 rings (SSSR count). The topological polar surface area (TPSA) is 26.3 Å². The fourth-order valence-electron chi connectivity index (χ4n) is 4.97. The summed E-state index contributed by atoms with van der Waals surface area (Å²) in [5, 5.41) is 13.7. The Bertz CT molecular complexity index is 838. The van der Waals surface area contributed by atoms with Gasteiger partial charge in [-0.2, -0.15) is 0 Å². The average Bonchev–Trinajstić information content (AvgIpc) is 3.03. The second-order valence-electron chi connectivity index (χ2n) is 7.85. The van der Waals surface area contributed by atoms with E-state index in [1.54, 1.807) is 0 Å². The molecule has 0 aromatic heterocycles. The molecule has 1 unspecified atom stereocenters. The van der Waals surface area contributed by atoms with Gasteiger partial charge in [-0.3, -0.25) is 0 Å². The van der Waals surface area contributed by atoms with Crippen LogP contribution in [0.3, 0.4) is 0 Å². The Balaban J connectivity index is 0.00000225. The summed E-state index contributed by atoms with van der Waals surface area (Å²) in [4.78, 5) is 2.44. The summed E-state index contributed by atoms with van der Waals surface area (Å²) in [6.45, 7) is 3.01. The number of rotatable bonds is 6. The van der Waals surface area contributed by atoms with Gasteiger partial charge in [-0.1, -0.05) is 55.5 Å². The van der Waals surface area contributed by atoms with Crippen molar-refractivity contribution in [1.29, 1.82) is 0 Å². The molecular formula is C24H27ClLiNO. The van der Waals surface area contributed by atoms with Crippen molar-refractivity contribution in [2.75, 3.05) is 10.8 Å². The van der Waals surface area contributed by atoms with Gasteiger partial charge >= 0.3 is 18.9 Å². The number of allylic oxidation sites excluding steroid dienone is 1. The minimum atomic E-state index is -0.226. The van der Waals surface area contributed by atoms with Crippen molar-refractivity contribution in [3.63, 3.8) is 0 Å². The summed E-state index contributed by atoms with van der Waals surface area (Å²) in [6, 6.07) is 19.2. The van der Waals surface area contributed by atoms with E-state index in [2.05, 4.69) is 66.4 Å². The van der Waals surface area contributed by atoms with Crippen LogP contribution in [0.5, 0.6) is 0 Å². The minimum Gasteiger partial charge on any atom is -0.875 e. The molecule has 0 bridgehead atoms. The Morgan fingerprint density at radius 1 is 1.11 bits per heavy atom. The van der Waals surface area contributed by atoms with Crippen molar-refractivity contribution >= 4 is 22.9 Å². The predicted molar refractivity (Wildman–Crippen MR) is 112 cm³/mol. The summed E-state index contributed by atoms with van der Waals surface area (Å²) < 4.78 is 0. The molecule has 142 valence electrons. The van der Waals surface area contributed by atoms with Crippen LogP contribution in [0.1, 0.15) is 50.2 Å². The number of alkyl halides is 1. The molecule has 0 N–H and O–H groups in total. The van der Waals surface area contributed by atoms with E-state index in [9.17, 15) is 5.11 Å². The van der Waals surface area contributed by atoms with Crippen molar-refractivity contribution in [1.82, 2.24) is 0 Å². The summed E-state index contributed by atoms with van der Waals surface area (Å²) in [5.41, 5.74) is 4.46. The van der Waals surface area contributed by atoms with Crippen molar-refractivity contribution in [3.05, 3.63) is 71.5 Å².